The van der Waals surface area contributed by atoms with E-state index < -0.39 is 0 Å². The number of aryl methyl sites for hydroxylation is 1. The number of ether oxygens (including phenoxy) is 1. The fourth-order valence-corrected chi connectivity index (χ4v) is 2.87. The Labute approximate surface area is 113 Å². The van der Waals surface area contributed by atoms with Crippen LogP contribution in [-0.2, 0) is 17.2 Å². The van der Waals surface area contributed by atoms with E-state index >= 15 is 0 Å². The van der Waals surface area contributed by atoms with E-state index in [2.05, 4.69) is 42.3 Å². The Morgan fingerprint density at radius 1 is 1.37 bits per heavy atom. The molecule has 0 amide bonds. The molecule has 0 aliphatic carbocycles. The Morgan fingerprint density at radius 2 is 2.11 bits per heavy atom. The van der Waals surface area contributed by atoms with Gasteiger partial charge in [0.05, 0.1) is 36.0 Å². The minimum Gasteiger partial charge on any atom is -0.379 e. The molecule has 2 heterocycles. The summed E-state index contributed by atoms with van der Waals surface area (Å²) in [5, 5.41) is 3.43. The molecule has 102 valence electrons. The summed E-state index contributed by atoms with van der Waals surface area (Å²) in [6.07, 6.45) is 1.86. The molecule has 0 bridgehead atoms. The normalized spacial score (nSPS) is 18.5. The summed E-state index contributed by atoms with van der Waals surface area (Å²) < 4.78 is 7.58. The SMILES string of the molecule is CNC(C)(C)C1(c2ccc3c(c2)ncn3C)COC1. The molecule has 4 heteroatoms. The first-order chi connectivity index (χ1) is 9.00. The fourth-order valence-electron chi connectivity index (χ4n) is 2.87. The summed E-state index contributed by atoms with van der Waals surface area (Å²) in [7, 11) is 4.04. The van der Waals surface area contributed by atoms with Gasteiger partial charge in [-0.05, 0) is 38.6 Å². The third-order valence-electron chi connectivity index (χ3n) is 4.80. The summed E-state index contributed by atoms with van der Waals surface area (Å²) in [6.45, 7) is 5.99. The lowest BCUT2D eigenvalue weighted by molar-refractivity contribution is -0.0990. The summed E-state index contributed by atoms with van der Waals surface area (Å²) >= 11 is 0. The summed E-state index contributed by atoms with van der Waals surface area (Å²) in [4.78, 5) is 4.46. The Morgan fingerprint density at radius 3 is 2.68 bits per heavy atom. The van der Waals surface area contributed by atoms with Gasteiger partial charge in [0.1, 0.15) is 0 Å². The second kappa shape index (κ2) is 4.05. The predicted molar refractivity (Wildman–Crippen MR) is 76.3 cm³/mol. The zero-order valence-corrected chi connectivity index (χ0v) is 12.0. The van der Waals surface area contributed by atoms with E-state index in [1.807, 2.05) is 25.0 Å². The molecule has 19 heavy (non-hydrogen) atoms. The van der Waals surface area contributed by atoms with Gasteiger partial charge in [0, 0.05) is 12.6 Å². The second-order valence-corrected chi connectivity index (χ2v) is 6.01. The van der Waals surface area contributed by atoms with Crippen molar-refractivity contribution in [3.63, 3.8) is 0 Å². The molecule has 1 aromatic carbocycles. The third-order valence-corrected chi connectivity index (χ3v) is 4.80. The van der Waals surface area contributed by atoms with Crippen LogP contribution in [0, 0.1) is 0 Å². The van der Waals surface area contributed by atoms with Crippen LogP contribution in [-0.4, -0.2) is 35.4 Å². The highest BCUT2D eigenvalue weighted by Crippen LogP contribution is 2.42. The number of benzene rings is 1. The Balaban J connectivity index is 2.12. The number of hydrogen-bond donors (Lipinski definition) is 1. The molecule has 2 aromatic rings. The predicted octanol–water partition coefficient (Wildman–Crippen LogP) is 1.84. The van der Waals surface area contributed by atoms with Gasteiger partial charge < -0.3 is 14.6 Å². The minimum absolute atomic E-state index is 0.00624. The van der Waals surface area contributed by atoms with Crippen molar-refractivity contribution in [1.29, 1.82) is 0 Å². The quantitative estimate of drug-likeness (QED) is 0.914. The third kappa shape index (κ3) is 1.63. The second-order valence-electron chi connectivity index (χ2n) is 6.01. The van der Waals surface area contributed by atoms with Gasteiger partial charge in [-0.2, -0.15) is 0 Å². The van der Waals surface area contributed by atoms with Gasteiger partial charge in [-0.15, -0.1) is 0 Å². The van der Waals surface area contributed by atoms with Crippen molar-refractivity contribution in [3.8, 4) is 0 Å². The van der Waals surface area contributed by atoms with Crippen LogP contribution in [0.15, 0.2) is 24.5 Å². The van der Waals surface area contributed by atoms with Crippen molar-refractivity contribution >= 4 is 11.0 Å². The largest absolute Gasteiger partial charge is 0.379 e. The number of nitrogens with one attached hydrogen (secondary N) is 1. The Hall–Kier alpha value is -1.39. The van der Waals surface area contributed by atoms with Crippen LogP contribution in [0.5, 0.6) is 0 Å². The molecule has 1 aliphatic heterocycles. The number of aromatic nitrogens is 2. The Kier molecular flexibility index (Phi) is 2.69. The molecule has 1 aromatic heterocycles. The monoisotopic (exact) mass is 259 g/mol. The first kappa shape index (κ1) is 12.6. The van der Waals surface area contributed by atoms with Crippen molar-refractivity contribution in [2.45, 2.75) is 24.8 Å². The maximum absolute atomic E-state index is 5.53. The van der Waals surface area contributed by atoms with E-state index in [0.29, 0.717) is 0 Å². The van der Waals surface area contributed by atoms with Gasteiger partial charge in [0.25, 0.3) is 0 Å². The van der Waals surface area contributed by atoms with Gasteiger partial charge in [0.15, 0.2) is 0 Å². The van der Waals surface area contributed by atoms with E-state index in [1.165, 1.54) is 11.1 Å². The highest BCUT2D eigenvalue weighted by Gasteiger charge is 2.51. The van der Waals surface area contributed by atoms with Crippen LogP contribution in [0.1, 0.15) is 19.4 Å². The van der Waals surface area contributed by atoms with Gasteiger partial charge in [-0.3, -0.25) is 0 Å². The standard InChI is InChI=1S/C15H21N3O/c1-14(2,16-3)15(8-19-9-15)11-5-6-13-12(7-11)17-10-18(13)4/h5-7,10,16H,8-9H2,1-4H3. The molecule has 0 saturated carbocycles. The molecule has 4 nitrogen and oxygen atoms in total. The number of hydrogen-bond acceptors (Lipinski definition) is 3. The number of likely N-dealkylation sites (N-methyl/N-ethyl adjacent to an activating group) is 1. The molecule has 0 radical (unpaired) electrons. The molecule has 1 aliphatic rings. The first-order valence-electron chi connectivity index (χ1n) is 6.68. The molecule has 1 saturated heterocycles. The fraction of sp³-hybridized carbons (Fsp3) is 0.533. The number of nitrogens with zero attached hydrogens (tertiary/aromatic N) is 2. The topological polar surface area (TPSA) is 39.1 Å². The van der Waals surface area contributed by atoms with Crippen molar-refractivity contribution in [1.82, 2.24) is 14.9 Å². The highest BCUT2D eigenvalue weighted by atomic mass is 16.5. The van der Waals surface area contributed by atoms with Crippen molar-refractivity contribution in [2.75, 3.05) is 20.3 Å². The van der Waals surface area contributed by atoms with Gasteiger partial charge >= 0.3 is 0 Å². The summed E-state index contributed by atoms with van der Waals surface area (Å²) in [6, 6.07) is 6.58. The van der Waals surface area contributed by atoms with Crippen LogP contribution in [0.4, 0.5) is 0 Å². The van der Waals surface area contributed by atoms with E-state index in [4.69, 9.17) is 4.74 Å². The zero-order valence-electron chi connectivity index (χ0n) is 12.0. The number of rotatable bonds is 3. The summed E-state index contributed by atoms with van der Waals surface area (Å²) in [5.41, 5.74) is 3.56. The average Bonchev–Trinajstić information content (AvgIpc) is 2.69. The smallest absolute Gasteiger partial charge is 0.0955 e. The minimum atomic E-state index is -0.00624. The molecule has 0 unspecified atom stereocenters. The lowest BCUT2D eigenvalue weighted by Crippen LogP contribution is -2.65. The molecule has 1 N–H and O–H groups in total. The van der Waals surface area contributed by atoms with E-state index in [-0.39, 0.29) is 11.0 Å². The van der Waals surface area contributed by atoms with Crippen LogP contribution < -0.4 is 5.32 Å². The molecule has 0 spiro atoms. The van der Waals surface area contributed by atoms with Crippen molar-refractivity contribution in [2.24, 2.45) is 7.05 Å². The van der Waals surface area contributed by atoms with Gasteiger partial charge in [-0.25, -0.2) is 4.98 Å². The van der Waals surface area contributed by atoms with Gasteiger partial charge in [-0.1, -0.05) is 6.07 Å². The highest BCUT2D eigenvalue weighted by molar-refractivity contribution is 5.76. The lowest BCUT2D eigenvalue weighted by atomic mass is 9.65. The lowest BCUT2D eigenvalue weighted by Gasteiger charge is -2.52. The van der Waals surface area contributed by atoms with Gasteiger partial charge in [0.2, 0.25) is 0 Å². The maximum Gasteiger partial charge on any atom is 0.0955 e. The van der Waals surface area contributed by atoms with Crippen LogP contribution in [0.25, 0.3) is 11.0 Å². The summed E-state index contributed by atoms with van der Waals surface area (Å²) in [5.74, 6) is 0. The van der Waals surface area contributed by atoms with Crippen LogP contribution >= 0.6 is 0 Å². The molecule has 3 rings (SSSR count). The number of fused-ring (bicyclic) bond motifs is 1. The Bertz CT molecular complexity index is 611. The molecular formula is C15H21N3O. The zero-order chi connectivity index (χ0) is 13.7. The first-order valence-corrected chi connectivity index (χ1v) is 6.68. The van der Waals surface area contributed by atoms with E-state index in [0.717, 1.165) is 18.7 Å². The molecule has 1 fully saturated rings. The molecular weight excluding hydrogens is 238 g/mol. The van der Waals surface area contributed by atoms with Crippen LogP contribution in [0.3, 0.4) is 0 Å². The van der Waals surface area contributed by atoms with Crippen LogP contribution in [0.2, 0.25) is 0 Å². The maximum atomic E-state index is 5.53. The van der Waals surface area contributed by atoms with E-state index in [9.17, 15) is 0 Å². The number of imidazole rings is 1. The van der Waals surface area contributed by atoms with Crippen molar-refractivity contribution < 1.29 is 4.74 Å². The van der Waals surface area contributed by atoms with Crippen molar-refractivity contribution in [3.05, 3.63) is 30.1 Å². The average molecular weight is 259 g/mol. The molecule has 0 atom stereocenters. The van der Waals surface area contributed by atoms with E-state index in [1.54, 1.807) is 0 Å².